The van der Waals surface area contributed by atoms with Crippen LogP contribution in [0.4, 0.5) is 15.8 Å². The zero-order valence-electron chi connectivity index (χ0n) is 9.11. The van der Waals surface area contributed by atoms with Crippen LogP contribution in [-0.4, -0.2) is 31.1 Å². The summed E-state index contributed by atoms with van der Waals surface area (Å²) in [5.41, 5.74) is 0.0780. The molecule has 1 aliphatic rings. The number of nitrogens with one attached hydrogen (secondary N) is 1. The van der Waals surface area contributed by atoms with Crippen molar-refractivity contribution in [2.45, 2.75) is 6.04 Å². The molecular weight excluding hydrogens is 249 g/mol. The smallest absolute Gasteiger partial charge is 0.295 e. The van der Waals surface area contributed by atoms with Crippen molar-refractivity contribution in [2.75, 3.05) is 25.0 Å². The Bertz CT molecular complexity index is 465. The molecule has 1 aromatic carbocycles. The lowest BCUT2D eigenvalue weighted by molar-refractivity contribution is -0.384. The SMILES string of the molecule is CN(c1cc(Cl)c(F)cc1[N+](=O)[O-])C1CNC1. The average molecular weight is 260 g/mol. The summed E-state index contributed by atoms with van der Waals surface area (Å²) in [6, 6.07) is 2.34. The Morgan fingerprint density at radius 1 is 1.59 bits per heavy atom. The van der Waals surface area contributed by atoms with E-state index in [0.29, 0.717) is 5.69 Å². The number of nitro benzene ring substituents is 1. The minimum Gasteiger partial charge on any atom is -0.363 e. The van der Waals surface area contributed by atoms with E-state index in [2.05, 4.69) is 5.32 Å². The number of nitro groups is 1. The number of rotatable bonds is 3. The van der Waals surface area contributed by atoms with Crippen molar-refractivity contribution in [3.63, 3.8) is 0 Å². The summed E-state index contributed by atoms with van der Waals surface area (Å²) in [5.74, 6) is -0.776. The third-order valence-electron chi connectivity index (χ3n) is 2.90. The highest BCUT2D eigenvalue weighted by Crippen LogP contribution is 2.33. The molecular formula is C10H11ClFN3O2. The summed E-state index contributed by atoms with van der Waals surface area (Å²) >= 11 is 5.66. The van der Waals surface area contributed by atoms with Gasteiger partial charge in [-0.1, -0.05) is 11.6 Å². The maximum atomic E-state index is 13.2. The first-order chi connectivity index (χ1) is 8.00. The van der Waals surface area contributed by atoms with Crippen molar-refractivity contribution in [1.29, 1.82) is 0 Å². The molecule has 1 saturated heterocycles. The summed E-state index contributed by atoms with van der Waals surface area (Å²) in [5, 5.41) is 13.8. The van der Waals surface area contributed by atoms with Crippen LogP contribution in [0.2, 0.25) is 5.02 Å². The standard InChI is InChI=1S/C10H11ClFN3O2/c1-14(6-4-13-5-6)9-2-7(11)8(12)3-10(9)15(16)17/h2-3,6,13H,4-5H2,1H3. The Balaban J connectivity index is 2.42. The molecule has 17 heavy (non-hydrogen) atoms. The van der Waals surface area contributed by atoms with Gasteiger partial charge in [-0.3, -0.25) is 10.1 Å². The molecule has 0 bridgehead atoms. The van der Waals surface area contributed by atoms with Gasteiger partial charge in [0, 0.05) is 20.1 Å². The monoisotopic (exact) mass is 259 g/mol. The van der Waals surface area contributed by atoms with Gasteiger partial charge < -0.3 is 10.2 Å². The van der Waals surface area contributed by atoms with Crippen molar-refractivity contribution in [3.05, 3.63) is 33.1 Å². The lowest BCUT2D eigenvalue weighted by Crippen LogP contribution is -2.56. The van der Waals surface area contributed by atoms with Crippen LogP contribution in [0, 0.1) is 15.9 Å². The minimum atomic E-state index is -0.776. The van der Waals surface area contributed by atoms with Gasteiger partial charge in [0.2, 0.25) is 0 Å². The molecule has 2 rings (SSSR count). The van der Waals surface area contributed by atoms with Gasteiger partial charge in [-0.25, -0.2) is 4.39 Å². The quantitative estimate of drug-likeness (QED) is 0.664. The molecule has 1 aromatic rings. The van der Waals surface area contributed by atoms with Crippen molar-refractivity contribution in [3.8, 4) is 0 Å². The lowest BCUT2D eigenvalue weighted by atomic mass is 10.1. The van der Waals surface area contributed by atoms with Gasteiger partial charge >= 0.3 is 0 Å². The molecule has 0 radical (unpaired) electrons. The van der Waals surface area contributed by atoms with E-state index in [1.807, 2.05) is 0 Å². The molecule has 0 unspecified atom stereocenters. The first kappa shape index (κ1) is 12.1. The predicted molar refractivity (Wildman–Crippen MR) is 63.1 cm³/mol. The molecule has 1 heterocycles. The molecule has 0 aromatic heterocycles. The first-order valence-electron chi connectivity index (χ1n) is 5.07. The van der Waals surface area contributed by atoms with Gasteiger partial charge in [-0.15, -0.1) is 0 Å². The summed E-state index contributed by atoms with van der Waals surface area (Å²) in [4.78, 5) is 12.0. The van der Waals surface area contributed by atoms with E-state index in [1.54, 1.807) is 11.9 Å². The predicted octanol–water partition coefficient (Wildman–Crippen LogP) is 1.80. The second-order valence-electron chi connectivity index (χ2n) is 3.94. The zero-order valence-corrected chi connectivity index (χ0v) is 9.87. The van der Waals surface area contributed by atoms with Crippen LogP contribution in [0.15, 0.2) is 12.1 Å². The Hall–Kier alpha value is -1.40. The van der Waals surface area contributed by atoms with Crippen molar-refractivity contribution in [2.24, 2.45) is 0 Å². The molecule has 1 aliphatic heterocycles. The number of hydrogen-bond acceptors (Lipinski definition) is 4. The number of nitrogens with zero attached hydrogens (tertiary/aromatic N) is 2. The van der Waals surface area contributed by atoms with E-state index in [-0.39, 0.29) is 16.8 Å². The Kier molecular flexibility index (Phi) is 3.17. The highest BCUT2D eigenvalue weighted by molar-refractivity contribution is 6.31. The minimum absolute atomic E-state index is 0.107. The fourth-order valence-electron chi connectivity index (χ4n) is 1.70. The topological polar surface area (TPSA) is 58.4 Å². The number of hydrogen-bond donors (Lipinski definition) is 1. The summed E-state index contributed by atoms with van der Waals surface area (Å²) < 4.78 is 13.2. The van der Waals surface area contributed by atoms with E-state index in [1.165, 1.54) is 6.07 Å². The van der Waals surface area contributed by atoms with Gasteiger partial charge in [-0.2, -0.15) is 0 Å². The number of halogens is 2. The van der Waals surface area contributed by atoms with E-state index in [9.17, 15) is 14.5 Å². The highest BCUT2D eigenvalue weighted by atomic mass is 35.5. The third kappa shape index (κ3) is 2.18. The van der Waals surface area contributed by atoms with E-state index in [4.69, 9.17) is 11.6 Å². The lowest BCUT2D eigenvalue weighted by Gasteiger charge is -2.36. The second-order valence-corrected chi connectivity index (χ2v) is 4.34. The van der Waals surface area contributed by atoms with Crippen LogP contribution in [0.3, 0.4) is 0 Å². The van der Waals surface area contributed by atoms with Gasteiger partial charge in [0.15, 0.2) is 0 Å². The van der Waals surface area contributed by atoms with E-state index in [0.717, 1.165) is 19.2 Å². The van der Waals surface area contributed by atoms with Crippen molar-refractivity contribution < 1.29 is 9.31 Å². The average Bonchev–Trinajstić information content (AvgIpc) is 2.18. The molecule has 0 amide bonds. The zero-order chi connectivity index (χ0) is 12.6. The fourth-order valence-corrected chi connectivity index (χ4v) is 1.86. The maximum Gasteiger partial charge on any atom is 0.295 e. The van der Waals surface area contributed by atoms with E-state index >= 15 is 0 Å². The van der Waals surface area contributed by atoms with Gasteiger partial charge in [0.05, 0.1) is 22.1 Å². The number of likely N-dealkylation sites (N-methyl/N-ethyl adjacent to an activating group) is 1. The normalized spacial score (nSPS) is 15.5. The largest absolute Gasteiger partial charge is 0.363 e. The Labute approximate surface area is 102 Å². The Morgan fingerprint density at radius 2 is 2.24 bits per heavy atom. The van der Waals surface area contributed by atoms with Crippen molar-refractivity contribution >= 4 is 23.0 Å². The van der Waals surface area contributed by atoms with Gasteiger partial charge in [-0.05, 0) is 6.07 Å². The summed E-state index contributed by atoms with van der Waals surface area (Å²) in [7, 11) is 1.74. The second kappa shape index (κ2) is 4.46. The molecule has 5 nitrogen and oxygen atoms in total. The number of anilines is 1. The molecule has 92 valence electrons. The number of benzene rings is 1. The van der Waals surface area contributed by atoms with Crippen LogP contribution in [0.1, 0.15) is 0 Å². The van der Waals surface area contributed by atoms with Crippen LogP contribution in [-0.2, 0) is 0 Å². The van der Waals surface area contributed by atoms with Crippen LogP contribution < -0.4 is 10.2 Å². The van der Waals surface area contributed by atoms with Gasteiger partial charge in [0.1, 0.15) is 11.5 Å². The molecule has 0 aliphatic carbocycles. The van der Waals surface area contributed by atoms with Crippen LogP contribution in [0.25, 0.3) is 0 Å². The summed E-state index contributed by atoms with van der Waals surface area (Å²) in [6.07, 6.45) is 0. The van der Waals surface area contributed by atoms with Crippen LogP contribution >= 0.6 is 11.6 Å². The fraction of sp³-hybridized carbons (Fsp3) is 0.400. The van der Waals surface area contributed by atoms with E-state index < -0.39 is 10.7 Å². The summed E-state index contributed by atoms with van der Waals surface area (Å²) in [6.45, 7) is 1.51. The molecule has 1 N–H and O–H groups in total. The first-order valence-corrected chi connectivity index (χ1v) is 5.45. The third-order valence-corrected chi connectivity index (χ3v) is 3.19. The highest BCUT2D eigenvalue weighted by Gasteiger charge is 2.28. The Morgan fingerprint density at radius 3 is 2.71 bits per heavy atom. The maximum absolute atomic E-state index is 13.2. The molecule has 1 fully saturated rings. The molecule has 0 atom stereocenters. The van der Waals surface area contributed by atoms with Gasteiger partial charge in [0.25, 0.3) is 5.69 Å². The molecule has 7 heteroatoms. The van der Waals surface area contributed by atoms with Crippen LogP contribution in [0.5, 0.6) is 0 Å². The molecule has 0 saturated carbocycles. The molecule has 0 spiro atoms. The van der Waals surface area contributed by atoms with Crippen molar-refractivity contribution in [1.82, 2.24) is 5.32 Å².